The minimum absolute atomic E-state index is 0.108. The molecule has 1 heterocycles. The average Bonchev–Trinajstić information content (AvgIpc) is 3.13. The minimum Gasteiger partial charge on any atom is -0.481 e. The molecule has 6 heteroatoms. The van der Waals surface area contributed by atoms with E-state index in [0.717, 1.165) is 24.0 Å². The van der Waals surface area contributed by atoms with Gasteiger partial charge in [-0.25, -0.2) is 4.39 Å². The molecule has 2 aromatic rings. The summed E-state index contributed by atoms with van der Waals surface area (Å²) in [6.45, 7) is 4.67. The van der Waals surface area contributed by atoms with Gasteiger partial charge in [0.05, 0.1) is 5.56 Å². The van der Waals surface area contributed by atoms with Gasteiger partial charge >= 0.3 is 5.97 Å². The number of rotatable bonds is 8. The quantitative estimate of drug-likeness (QED) is 0.387. The van der Waals surface area contributed by atoms with E-state index in [1.807, 2.05) is 5.38 Å². The van der Waals surface area contributed by atoms with Crippen LogP contribution >= 0.6 is 11.3 Å². The fraction of sp³-hybridized carbons (Fsp3) is 0.520. The number of benzene rings is 1. The number of hydrogen-bond donors (Lipinski definition) is 2. The van der Waals surface area contributed by atoms with Gasteiger partial charge in [-0.3, -0.25) is 9.59 Å². The number of carbonyl (C=O) groups excluding carboxylic acids is 1. The number of carbonyl (C=O) groups is 2. The zero-order chi connectivity index (χ0) is 22.2. The summed E-state index contributed by atoms with van der Waals surface area (Å²) < 4.78 is 14.6. The number of amides is 1. The summed E-state index contributed by atoms with van der Waals surface area (Å²) in [5, 5.41) is 14.6. The second-order valence-corrected chi connectivity index (χ2v) is 10.5. The first-order chi connectivity index (χ1) is 14.8. The second kappa shape index (κ2) is 8.73. The molecular formula is C25H30FNO3S. The maximum Gasteiger partial charge on any atom is 0.303 e. The zero-order valence-corrected chi connectivity index (χ0v) is 18.9. The lowest BCUT2D eigenvalue weighted by atomic mass is 9.44. The molecule has 2 bridgehead atoms. The standard InChI is InChI=1S/C25H30FNO3S/c1-25(2)15-11-20(25)17(7-5-3-4-6-8-23(28)29)21(12-15)27-24(30)19-14-31-22-10-9-16(26)13-18(19)22/h3,5,9-10,13-15,17,20-21H,4,6-8,11-12H2,1-2H3,(H,27,30)(H,28,29)/b5-3-/t15-,17+,20+,21-/m1/s1. The maximum absolute atomic E-state index is 13.7. The first-order valence-electron chi connectivity index (χ1n) is 11.1. The van der Waals surface area contributed by atoms with Crippen molar-refractivity contribution in [1.29, 1.82) is 0 Å². The number of unbranched alkanes of at least 4 members (excludes halogenated alkanes) is 1. The molecule has 0 spiro atoms. The molecule has 4 nitrogen and oxygen atoms in total. The Hall–Kier alpha value is -2.21. The Morgan fingerprint density at radius 1 is 1.29 bits per heavy atom. The van der Waals surface area contributed by atoms with Crippen LogP contribution in [0.5, 0.6) is 0 Å². The van der Waals surface area contributed by atoms with Crippen LogP contribution in [-0.2, 0) is 4.79 Å². The summed E-state index contributed by atoms with van der Waals surface area (Å²) in [5.41, 5.74) is 0.849. The molecule has 1 aromatic carbocycles. The number of hydrogen-bond acceptors (Lipinski definition) is 3. The van der Waals surface area contributed by atoms with E-state index in [2.05, 4.69) is 31.3 Å². The van der Waals surface area contributed by atoms with Gasteiger partial charge < -0.3 is 10.4 Å². The molecule has 0 saturated heterocycles. The van der Waals surface area contributed by atoms with Crippen molar-refractivity contribution in [2.24, 2.45) is 23.2 Å². The number of halogens is 1. The zero-order valence-electron chi connectivity index (χ0n) is 18.1. The van der Waals surface area contributed by atoms with Gasteiger partial charge in [-0.1, -0.05) is 26.0 Å². The molecule has 3 fully saturated rings. The van der Waals surface area contributed by atoms with Crippen molar-refractivity contribution in [2.75, 3.05) is 0 Å². The van der Waals surface area contributed by atoms with Crippen LogP contribution in [0.15, 0.2) is 35.7 Å². The summed E-state index contributed by atoms with van der Waals surface area (Å²) in [7, 11) is 0. The number of aliphatic carboxylic acids is 1. The minimum atomic E-state index is -0.758. The molecule has 166 valence electrons. The molecule has 0 unspecified atom stereocenters. The third-order valence-electron chi connectivity index (χ3n) is 7.55. The van der Waals surface area contributed by atoms with Gasteiger partial charge in [0.2, 0.25) is 0 Å². The number of thiophene rings is 1. The van der Waals surface area contributed by atoms with Crippen LogP contribution in [0.2, 0.25) is 0 Å². The highest BCUT2D eigenvalue weighted by molar-refractivity contribution is 7.17. The van der Waals surface area contributed by atoms with Crippen LogP contribution in [-0.4, -0.2) is 23.0 Å². The second-order valence-electron chi connectivity index (χ2n) is 9.62. The summed E-state index contributed by atoms with van der Waals surface area (Å²) >= 11 is 1.47. The highest BCUT2D eigenvalue weighted by Gasteiger charge is 2.57. The van der Waals surface area contributed by atoms with Crippen molar-refractivity contribution in [3.8, 4) is 0 Å². The van der Waals surface area contributed by atoms with Gasteiger partial charge in [0.25, 0.3) is 5.91 Å². The van der Waals surface area contributed by atoms with Crippen molar-refractivity contribution < 1.29 is 19.1 Å². The predicted octanol–water partition coefficient (Wildman–Crippen LogP) is 6.02. The molecule has 1 aromatic heterocycles. The smallest absolute Gasteiger partial charge is 0.303 e. The molecule has 0 radical (unpaired) electrons. The average molecular weight is 444 g/mol. The van der Waals surface area contributed by atoms with E-state index in [0.29, 0.717) is 40.5 Å². The van der Waals surface area contributed by atoms with Crippen LogP contribution in [0.25, 0.3) is 10.1 Å². The molecule has 2 N–H and O–H groups in total. The van der Waals surface area contributed by atoms with Crippen LogP contribution in [0.4, 0.5) is 4.39 Å². The number of fused-ring (bicyclic) bond motifs is 3. The van der Waals surface area contributed by atoms with E-state index in [9.17, 15) is 14.0 Å². The van der Waals surface area contributed by atoms with Crippen molar-refractivity contribution in [3.05, 3.63) is 47.1 Å². The van der Waals surface area contributed by atoms with Crippen LogP contribution in [0, 0.1) is 29.0 Å². The number of carboxylic acids is 1. The van der Waals surface area contributed by atoms with Gasteiger partial charge in [-0.05, 0) is 73.5 Å². The SMILES string of the molecule is CC1(C)[C@H]2C[C@@H](NC(=O)c3csc4ccc(F)cc34)[C@@H](C/C=C\CCCC(=O)O)[C@@H]1C2. The van der Waals surface area contributed by atoms with Crippen LogP contribution < -0.4 is 5.32 Å². The van der Waals surface area contributed by atoms with Gasteiger partial charge in [0, 0.05) is 27.9 Å². The Balaban J connectivity index is 1.45. The first-order valence-corrected chi connectivity index (χ1v) is 12.0. The summed E-state index contributed by atoms with van der Waals surface area (Å²) in [6.07, 6.45) is 8.92. The van der Waals surface area contributed by atoms with Crippen LogP contribution in [0.1, 0.15) is 62.7 Å². The highest BCUT2D eigenvalue weighted by Crippen LogP contribution is 2.62. The van der Waals surface area contributed by atoms with E-state index in [4.69, 9.17) is 5.11 Å². The third-order valence-corrected chi connectivity index (χ3v) is 8.51. The van der Waals surface area contributed by atoms with Gasteiger partial charge in [-0.2, -0.15) is 0 Å². The van der Waals surface area contributed by atoms with Gasteiger partial charge in [0.15, 0.2) is 0 Å². The monoisotopic (exact) mass is 443 g/mol. The van der Waals surface area contributed by atoms with Crippen LogP contribution in [0.3, 0.4) is 0 Å². The molecule has 5 rings (SSSR count). The number of nitrogens with one attached hydrogen (secondary N) is 1. The lowest BCUT2D eigenvalue weighted by Gasteiger charge is -2.62. The van der Waals surface area contributed by atoms with E-state index >= 15 is 0 Å². The van der Waals surface area contributed by atoms with E-state index in [-0.39, 0.29) is 24.2 Å². The van der Waals surface area contributed by atoms with E-state index in [1.165, 1.54) is 29.9 Å². The topological polar surface area (TPSA) is 66.4 Å². The van der Waals surface area contributed by atoms with Gasteiger partial charge in [-0.15, -0.1) is 11.3 Å². The molecule has 3 aliphatic carbocycles. The molecule has 31 heavy (non-hydrogen) atoms. The molecule has 3 aliphatic rings. The Bertz CT molecular complexity index is 1010. The Morgan fingerprint density at radius 2 is 2.10 bits per heavy atom. The van der Waals surface area contributed by atoms with Crippen molar-refractivity contribution in [1.82, 2.24) is 5.32 Å². The van der Waals surface area contributed by atoms with E-state index in [1.54, 1.807) is 6.07 Å². The Kier molecular flexibility index (Phi) is 6.20. The van der Waals surface area contributed by atoms with Crippen molar-refractivity contribution in [2.45, 2.75) is 58.4 Å². The lowest BCUT2D eigenvalue weighted by molar-refractivity contribution is -0.137. The third kappa shape index (κ3) is 4.40. The highest BCUT2D eigenvalue weighted by atomic mass is 32.1. The Labute approximate surface area is 186 Å². The molecule has 3 saturated carbocycles. The first kappa shape index (κ1) is 22.0. The van der Waals surface area contributed by atoms with E-state index < -0.39 is 5.97 Å². The largest absolute Gasteiger partial charge is 0.481 e. The van der Waals surface area contributed by atoms with Crippen molar-refractivity contribution in [3.63, 3.8) is 0 Å². The van der Waals surface area contributed by atoms with Gasteiger partial charge in [0.1, 0.15) is 5.82 Å². The summed E-state index contributed by atoms with van der Waals surface area (Å²) in [4.78, 5) is 23.8. The summed E-state index contributed by atoms with van der Waals surface area (Å²) in [6, 6.07) is 4.70. The fourth-order valence-corrected chi connectivity index (χ4v) is 6.53. The molecule has 0 aliphatic heterocycles. The normalized spacial score (nSPS) is 26.7. The van der Waals surface area contributed by atoms with Crippen molar-refractivity contribution >= 4 is 33.3 Å². The number of carboxylic acid groups (broad SMARTS) is 1. The fourth-order valence-electron chi connectivity index (χ4n) is 5.60. The predicted molar refractivity (Wildman–Crippen MR) is 122 cm³/mol. The molecular weight excluding hydrogens is 413 g/mol. The molecule has 1 amide bonds. The molecule has 4 atom stereocenters. The Morgan fingerprint density at radius 3 is 2.84 bits per heavy atom. The maximum atomic E-state index is 13.7. The summed E-state index contributed by atoms with van der Waals surface area (Å²) in [5.74, 6) is 0.350. The lowest BCUT2D eigenvalue weighted by Crippen LogP contribution is -2.61. The number of allylic oxidation sites excluding steroid dienone is 2.